The molecule has 0 bridgehead atoms. The summed E-state index contributed by atoms with van der Waals surface area (Å²) in [5, 5.41) is 14.3. The van der Waals surface area contributed by atoms with Crippen molar-refractivity contribution >= 4 is 15.7 Å². The molecule has 1 rings (SSSR count). The third-order valence-corrected chi connectivity index (χ3v) is 0.967. The van der Waals surface area contributed by atoms with Gasteiger partial charge in [0, 0.05) is 12.1 Å². The maximum Gasteiger partial charge on any atom is 0.269 e. The molecule has 1 aromatic carbocycles. The third-order valence-electron chi connectivity index (χ3n) is 0.967. The lowest BCUT2D eigenvalue weighted by atomic mass is 10.3. The summed E-state index contributed by atoms with van der Waals surface area (Å²) in [5.74, 6) is 0. The summed E-state index contributed by atoms with van der Waals surface area (Å²) in [6.45, 7) is 0. The molecule has 0 radical (unpaired) electrons. The molecule has 2 N–H and O–H groups in total. The minimum absolute atomic E-state index is 0.137. The molecule has 0 fully saturated rings. The fourth-order valence-electron chi connectivity index (χ4n) is 0.550. The van der Waals surface area contributed by atoms with Crippen LogP contribution in [0.5, 0.6) is 0 Å². The maximum absolute atomic E-state index is 10.0. The van der Waals surface area contributed by atoms with Crippen molar-refractivity contribution in [2.75, 3.05) is 6.26 Å². The van der Waals surface area contributed by atoms with Crippen molar-refractivity contribution in [2.45, 2.75) is 0 Å². The van der Waals surface area contributed by atoms with Crippen LogP contribution >= 0.6 is 0 Å². The number of benzene rings is 1. The standard InChI is InChI=1S/C6H5NO2.CH5NO2S/c8-7(9)6-4-2-1-3-5-6;1-5(2,3)4/h1-5H;1H3,(H2,2,3,4). The lowest BCUT2D eigenvalue weighted by Gasteiger charge is -1.85. The largest absolute Gasteiger partial charge is 0.269 e. The van der Waals surface area contributed by atoms with E-state index in [4.69, 9.17) is 0 Å². The summed E-state index contributed by atoms with van der Waals surface area (Å²) in [7, 11) is -3.17. The van der Waals surface area contributed by atoms with Gasteiger partial charge in [-0.15, -0.1) is 0 Å². The van der Waals surface area contributed by atoms with E-state index < -0.39 is 14.9 Å². The van der Waals surface area contributed by atoms with Crippen LogP contribution in [0.15, 0.2) is 30.3 Å². The number of nitrogens with zero attached hydrogens (tertiary/aromatic N) is 1. The number of hydrogen-bond donors (Lipinski definition) is 1. The van der Waals surface area contributed by atoms with Crippen molar-refractivity contribution in [1.29, 1.82) is 0 Å². The molecular formula is C7H10N2O4S. The number of non-ortho nitro benzene ring substituents is 1. The molecule has 6 nitrogen and oxygen atoms in total. The Balaban J connectivity index is 0.000000292. The van der Waals surface area contributed by atoms with E-state index in [0.717, 1.165) is 6.26 Å². The second-order valence-corrected chi connectivity index (χ2v) is 4.08. The van der Waals surface area contributed by atoms with Gasteiger partial charge in [0.05, 0.1) is 11.2 Å². The van der Waals surface area contributed by atoms with E-state index in [0.29, 0.717) is 0 Å². The van der Waals surface area contributed by atoms with Crippen LogP contribution in [-0.4, -0.2) is 19.6 Å². The van der Waals surface area contributed by atoms with Gasteiger partial charge >= 0.3 is 0 Å². The highest BCUT2D eigenvalue weighted by Gasteiger charge is 1.98. The van der Waals surface area contributed by atoms with Crippen molar-refractivity contribution in [3.63, 3.8) is 0 Å². The topological polar surface area (TPSA) is 103 Å². The summed E-state index contributed by atoms with van der Waals surface area (Å²) in [5.41, 5.74) is 0.137. The van der Waals surface area contributed by atoms with Gasteiger partial charge in [0.1, 0.15) is 0 Å². The summed E-state index contributed by atoms with van der Waals surface area (Å²) in [4.78, 5) is 9.59. The highest BCUT2D eigenvalue weighted by molar-refractivity contribution is 7.88. The first-order valence-corrected chi connectivity index (χ1v) is 5.43. The maximum atomic E-state index is 10.0. The average molecular weight is 218 g/mol. The van der Waals surface area contributed by atoms with Gasteiger partial charge in [-0.3, -0.25) is 10.1 Å². The number of para-hydroxylation sites is 1. The highest BCUT2D eigenvalue weighted by Crippen LogP contribution is 2.06. The number of rotatable bonds is 1. The highest BCUT2D eigenvalue weighted by atomic mass is 32.2. The van der Waals surface area contributed by atoms with Gasteiger partial charge in [-0.2, -0.15) is 0 Å². The monoisotopic (exact) mass is 218 g/mol. The van der Waals surface area contributed by atoms with Crippen molar-refractivity contribution in [3.05, 3.63) is 40.4 Å². The zero-order valence-corrected chi connectivity index (χ0v) is 8.27. The Hall–Kier alpha value is -1.47. The van der Waals surface area contributed by atoms with Gasteiger partial charge < -0.3 is 0 Å². The van der Waals surface area contributed by atoms with Gasteiger partial charge in [-0.05, 0) is 0 Å². The zero-order valence-electron chi connectivity index (χ0n) is 7.45. The fraction of sp³-hybridized carbons (Fsp3) is 0.143. The smallest absolute Gasteiger partial charge is 0.258 e. The van der Waals surface area contributed by atoms with E-state index in [1.807, 2.05) is 0 Å². The molecule has 0 unspecified atom stereocenters. The number of sulfonamides is 1. The van der Waals surface area contributed by atoms with E-state index in [9.17, 15) is 18.5 Å². The van der Waals surface area contributed by atoms with Crippen LogP contribution in [0.2, 0.25) is 0 Å². The lowest BCUT2D eigenvalue weighted by Crippen LogP contribution is -2.07. The predicted octanol–water partition coefficient (Wildman–Crippen LogP) is 0.500. The van der Waals surface area contributed by atoms with E-state index in [1.165, 1.54) is 12.1 Å². The Labute approximate surface area is 81.6 Å². The van der Waals surface area contributed by atoms with Crippen molar-refractivity contribution in [3.8, 4) is 0 Å². The quantitative estimate of drug-likeness (QED) is 0.547. The van der Waals surface area contributed by atoms with E-state index in [-0.39, 0.29) is 5.69 Å². The Kier molecular flexibility index (Phi) is 4.74. The molecule has 1 aromatic rings. The molecule has 0 aromatic heterocycles. The number of nitrogens with two attached hydrogens (primary N) is 1. The van der Waals surface area contributed by atoms with Gasteiger partial charge in [0.2, 0.25) is 10.0 Å². The Bertz CT molecular complexity index is 379. The first-order valence-electron chi connectivity index (χ1n) is 3.48. The Morgan fingerprint density at radius 2 is 1.64 bits per heavy atom. The van der Waals surface area contributed by atoms with Gasteiger partial charge in [-0.1, -0.05) is 18.2 Å². The van der Waals surface area contributed by atoms with Crippen LogP contribution in [0.25, 0.3) is 0 Å². The minimum Gasteiger partial charge on any atom is -0.258 e. The Morgan fingerprint density at radius 1 is 1.29 bits per heavy atom. The van der Waals surface area contributed by atoms with Gasteiger partial charge in [0.15, 0.2) is 0 Å². The third kappa shape index (κ3) is 8.62. The van der Waals surface area contributed by atoms with Crippen molar-refractivity contribution in [1.82, 2.24) is 0 Å². The van der Waals surface area contributed by atoms with Crippen LogP contribution in [-0.2, 0) is 10.0 Å². The number of nitro benzene ring substituents is 1. The molecule has 0 aliphatic heterocycles. The van der Waals surface area contributed by atoms with Crippen LogP contribution in [0.3, 0.4) is 0 Å². The summed E-state index contributed by atoms with van der Waals surface area (Å²) < 4.78 is 18.8. The molecule has 0 aliphatic rings. The minimum atomic E-state index is -3.17. The number of hydrogen-bond acceptors (Lipinski definition) is 4. The van der Waals surface area contributed by atoms with Crippen LogP contribution in [0, 0.1) is 10.1 Å². The zero-order chi connectivity index (χ0) is 11.2. The van der Waals surface area contributed by atoms with Gasteiger partial charge in [-0.25, -0.2) is 13.6 Å². The van der Waals surface area contributed by atoms with Crippen molar-refractivity contribution < 1.29 is 13.3 Å². The second-order valence-electron chi connectivity index (χ2n) is 2.42. The molecule has 7 heteroatoms. The molecule has 0 amide bonds. The molecule has 0 saturated carbocycles. The molecule has 0 aliphatic carbocycles. The second kappa shape index (κ2) is 5.30. The summed E-state index contributed by atoms with van der Waals surface area (Å²) in [6.07, 6.45) is 0.938. The van der Waals surface area contributed by atoms with Crippen LogP contribution < -0.4 is 5.14 Å². The number of nitro groups is 1. The van der Waals surface area contributed by atoms with Crippen LogP contribution in [0.4, 0.5) is 5.69 Å². The van der Waals surface area contributed by atoms with E-state index in [1.54, 1.807) is 18.2 Å². The molecule has 0 heterocycles. The fourth-order valence-corrected chi connectivity index (χ4v) is 0.550. The van der Waals surface area contributed by atoms with Crippen LogP contribution in [0.1, 0.15) is 0 Å². The molecule has 0 saturated heterocycles. The first kappa shape index (κ1) is 12.5. The van der Waals surface area contributed by atoms with E-state index in [2.05, 4.69) is 5.14 Å². The molecule has 78 valence electrons. The average Bonchev–Trinajstić information content (AvgIpc) is 2.03. The number of primary sulfonamides is 1. The first-order chi connectivity index (χ1) is 6.30. The summed E-state index contributed by atoms with van der Waals surface area (Å²) >= 11 is 0. The van der Waals surface area contributed by atoms with E-state index >= 15 is 0 Å². The SMILES string of the molecule is CS(N)(=O)=O.O=[N+]([O-])c1ccccc1. The molecular weight excluding hydrogens is 208 g/mol. The summed E-state index contributed by atoms with van der Waals surface area (Å²) in [6, 6.07) is 7.93. The molecule has 0 spiro atoms. The van der Waals surface area contributed by atoms with Crippen molar-refractivity contribution in [2.24, 2.45) is 5.14 Å². The van der Waals surface area contributed by atoms with Gasteiger partial charge in [0.25, 0.3) is 5.69 Å². The Morgan fingerprint density at radius 3 is 1.86 bits per heavy atom. The normalized spacial score (nSPS) is 9.86. The lowest BCUT2D eigenvalue weighted by molar-refractivity contribution is -0.384. The predicted molar refractivity (Wildman–Crippen MR) is 52.1 cm³/mol. The molecule has 14 heavy (non-hydrogen) atoms. The molecule has 0 atom stereocenters.